The van der Waals surface area contributed by atoms with Crippen LogP contribution in [0.2, 0.25) is 0 Å². The summed E-state index contributed by atoms with van der Waals surface area (Å²) in [5.74, 6) is 0.883. The van der Waals surface area contributed by atoms with Crippen LogP contribution in [0.3, 0.4) is 0 Å². The van der Waals surface area contributed by atoms with E-state index in [9.17, 15) is 9.59 Å². The molecule has 0 bridgehead atoms. The van der Waals surface area contributed by atoms with Crippen molar-refractivity contribution in [2.75, 3.05) is 13.1 Å². The second-order valence-electron chi connectivity index (χ2n) is 6.99. The molecule has 2 aliphatic rings. The number of amides is 1. The fraction of sp³-hybridized carbons (Fsp3) is 0.333. The average Bonchev–Trinajstić information content (AvgIpc) is 2.62. The van der Waals surface area contributed by atoms with Crippen LogP contribution in [0.25, 0.3) is 0 Å². The lowest BCUT2D eigenvalue weighted by Gasteiger charge is -2.44. The van der Waals surface area contributed by atoms with E-state index in [4.69, 9.17) is 4.74 Å². The van der Waals surface area contributed by atoms with Crippen molar-refractivity contribution in [3.8, 4) is 5.75 Å². The van der Waals surface area contributed by atoms with Crippen LogP contribution in [0.1, 0.15) is 45.5 Å². The number of ketones is 1. The highest BCUT2D eigenvalue weighted by Crippen LogP contribution is 2.39. The quantitative estimate of drug-likeness (QED) is 0.799. The van der Waals surface area contributed by atoms with Gasteiger partial charge in [0.15, 0.2) is 5.78 Å². The normalized spacial score (nSPS) is 18.6. The highest BCUT2D eigenvalue weighted by Gasteiger charge is 2.43. The lowest BCUT2D eigenvalue weighted by molar-refractivity contribution is -0.00571. The fourth-order valence-corrected chi connectivity index (χ4v) is 3.82. The number of likely N-dealkylation sites (tertiary alicyclic amines) is 1. The molecule has 0 atom stereocenters. The SMILES string of the molecule is Cc1ccccc1C(=O)N1CCC2(CC1)CC(=O)c1ccccc1O2. The molecule has 0 unspecified atom stereocenters. The summed E-state index contributed by atoms with van der Waals surface area (Å²) in [4.78, 5) is 27.1. The Bertz CT molecular complexity index is 835. The number of piperidine rings is 1. The Hall–Kier alpha value is -2.62. The largest absolute Gasteiger partial charge is 0.486 e. The van der Waals surface area contributed by atoms with E-state index < -0.39 is 5.60 Å². The van der Waals surface area contributed by atoms with Crippen molar-refractivity contribution in [2.24, 2.45) is 0 Å². The third-order valence-electron chi connectivity index (χ3n) is 5.33. The first kappa shape index (κ1) is 15.9. The van der Waals surface area contributed by atoms with Gasteiger partial charge in [0.05, 0.1) is 12.0 Å². The number of carbonyl (C=O) groups is 2. The lowest BCUT2D eigenvalue weighted by Crippen LogP contribution is -2.52. The number of aryl methyl sites for hydroxylation is 1. The molecule has 1 fully saturated rings. The van der Waals surface area contributed by atoms with E-state index in [0.717, 1.165) is 11.1 Å². The highest BCUT2D eigenvalue weighted by atomic mass is 16.5. The number of fused-ring (bicyclic) bond motifs is 1. The van der Waals surface area contributed by atoms with Gasteiger partial charge >= 0.3 is 0 Å². The second-order valence-corrected chi connectivity index (χ2v) is 6.99. The zero-order chi connectivity index (χ0) is 17.4. The Morgan fingerprint density at radius 2 is 1.72 bits per heavy atom. The summed E-state index contributed by atoms with van der Waals surface area (Å²) in [6.07, 6.45) is 1.77. The van der Waals surface area contributed by atoms with Crippen molar-refractivity contribution in [1.82, 2.24) is 4.90 Å². The van der Waals surface area contributed by atoms with Crippen molar-refractivity contribution < 1.29 is 14.3 Å². The Balaban J connectivity index is 1.50. The first-order chi connectivity index (χ1) is 12.1. The minimum absolute atomic E-state index is 0.0653. The van der Waals surface area contributed by atoms with Crippen LogP contribution in [0, 0.1) is 6.92 Å². The zero-order valence-corrected chi connectivity index (χ0v) is 14.3. The number of benzene rings is 2. The molecule has 0 saturated carbocycles. The van der Waals surface area contributed by atoms with Gasteiger partial charge < -0.3 is 9.64 Å². The molecular formula is C21H21NO3. The van der Waals surface area contributed by atoms with Gasteiger partial charge in [-0.05, 0) is 30.7 Å². The third kappa shape index (κ3) is 2.82. The van der Waals surface area contributed by atoms with E-state index in [2.05, 4.69) is 0 Å². The minimum atomic E-state index is -0.464. The van der Waals surface area contributed by atoms with Crippen molar-refractivity contribution >= 4 is 11.7 Å². The van der Waals surface area contributed by atoms with Gasteiger partial charge in [0.1, 0.15) is 11.4 Å². The lowest BCUT2D eigenvalue weighted by atomic mass is 9.82. The molecule has 2 aliphatic heterocycles. The zero-order valence-electron chi connectivity index (χ0n) is 14.3. The summed E-state index contributed by atoms with van der Waals surface area (Å²) >= 11 is 0. The summed E-state index contributed by atoms with van der Waals surface area (Å²) in [6, 6.07) is 15.1. The first-order valence-corrected chi connectivity index (χ1v) is 8.74. The highest BCUT2D eigenvalue weighted by molar-refractivity contribution is 6.00. The van der Waals surface area contributed by atoms with Gasteiger partial charge in [0.2, 0.25) is 0 Å². The van der Waals surface area contributed by atoms with Crippen LogP contribution in [-0.2, 0) is 0 Å². The van der Waals surface area contributed by atoms with Crippen molar-refractivity contribution in [2.45, 2.75) is 31.8 Å². The molecule has 2 heterocycles. The summed E-state index contributed by atoms with van der Waals surface area (Å²) in [6.45, 7) is 3.18. The molecule has 4 rings (SSSR count). The number of nitrogens with zero attached hydrogens (tertiary/aromatic N) is 1. The summed E-state index contributed by atoms with van der Waals surface area (Å²) < 4.78 is 6.23. The third-order valence-corrected chi connectivity index (χ3v) is 5.33. The Morgan fingerprint density at radius 3 is 2.48 bits per heavy atom. The molecule has 1 saturated heterocycles. The van der Waals surface area contributed by atoms with Gasteiger partial charge in [-0.3, -0.25) is 9.59 Å². The molecule has 2 aromatic carbocycles. The van der Waals surface area contributed by atoms with Crippen molar-refractivity contribution in [3.63, 3.8) is 0 Å². The Kier molecular flexibility index (Phi) is 3.83. The average molecular weight is 335 g/mol. The van der Waals surface area contributed by atoms with Gasteiger partial charge in [-0.15, -0.1) is 0 Å². The van der Waals surface area contributed by atoms with Crippen LogP contribution in [0.15, 0.2) is 48.5 Å². The maximum atomic E-state index is 12.8. The number of Topliss-reactive ketones (excluding diaryl/α,β-unsaturated/α-hetero) is 1. The number of rotatable bonds is 1. The molecule has 0 N–H and O–H groups in total. The predicted molar refractivity (Wildman–Crippen MR) is 95.1 cm³/mol. The minimum Gasteiger partial charge on any atom is -0.486 e. The number of ether oxygens (including phenoxy) is 1. The molecule has 0 aromatic heterocycles. The molecule has 0 radical (unpaired) electrons. The van der Waals surface area contributed by atoms with E-state index in [-0.39, 0.29) is 11.7 Å². The molecule has 1 spiro atoms. The topological polar surface area (TPSA) is 46.6 Å². The van der Waals surface area contributed by atoms with Crippen molar-refractivity contribution in [1.29, 1.82) is 0 Å². The summed E-state index contributed by atoms with van der Waals surface area (Å²) in [5, 5.41) is 0. The fourth-order valence-electron chi connectivity index (χ4n) is 3.82. The van der Waals surface area contributed by atoms with Crippen LogP contribution >= 0.6 is 0 Å². The van der Waals surface area contributed by atoms with Crippen LogP contribution < -0.4 is 4.74 Å². The molecule has 2 aromatic rings. The molecule has 0 aliphatic carbocycles. The molecular weight excluding hydrogens is 314 g/mol. The van der Waals surface area contributed by atoms with Crippen LogP contribution in [-0.4, -0.2) is 35.3 Å². The number of carbonyl (C=O) groups excluding carboxylic acids is 2. The van der Waals surface area contributed by atoms with E-state index in [1.807, 2.05) is 60.4 Å². The van der Waals surface area contributed by atoms with E-state index >= 15 is 0 Å². The van der Waals surface area contributed by atoms with Gasteiger partial charge in [-0.2, -0.15) is 0 Å². The molecule has 128 valence electrons. The number of hydrogen-bond acceptors (Lipinski definition) is 3. The van der Waals surface area contributed by atoms with Gasteiger partial charge in [0.25, 0.3) is 5.91 Å². The summed E-state index contributed by atoms with van der Waals surface area (Å²) in [7, 11) is 0. The molecule has 4 heteroatoms. The van der Waals surface area contributed by atoms with Gasteiger partial charge in [-0.25, -0.2) is 0 Å². The van der Waals surface area contributed by atoms with Gasteiger partial charge in [0, 0.05) is 31.5 Å². The van der Waals surface area contributed by atoms with E-state index in [1.165, 1.54) is 0 Å². The maximum absolute atomic E-state index is 12.8. The van der Waals surface area contributed by atoms with E-state index in [1.54, 1.807) is 0 Å². The number of hydrogen-bond donors (Lipinski definition) is 0. The van der Waals surface area contributed by atoms with Crippen LogP contribution in [0.4, 0.5) is 0 Å². The molecule has 25 heavy (non-hydrogen) atoms. The van der Waals surface area contributed by atoms with Gasteiger partial charge in [-0.1, -0.05) is 30.3 Å². The summed E-state index contributed by atoms with van der Waals surface area (Å²) in [5.41, 5.74) is 1.95. The van der Waals surface area contributed by atoms with Crippen molar-refractivity contribution in [3.05, 3.63) is 65.2 Å². The smallest absolute Gasteiger partial charge is 0.254 e. The standard InChI is InChI=1S/C21H21NO3/c1-15-6-2-3-7-16(15)20(24)22-12-10-21(11-13-22)14-18(23)17-8-4-5-9-19(17)25-21/h2-9H,10-14H2,1H3. The molecule has 1 amide bonds. The molecule has 4 nitrogen and oxygen atoms in total. The first-order valence-electron chi connectivity index (χ1n) is 8.74. The predicted octanol–water partition coefficient (Wildman–Crippen LogP) is 3.64. The maximum Gasteiger partial charge on any atom is 0.254 e. The van der Waals surface area contributed by atoms with E-state index in [0.29, 0.717) is 43.7 Å². The Labute approximate surface area is 147 Å². The Morgan fingerprint density at radius 1 is 1.04 bits per heavy atom. The van der Waals surface area contributed by atoms with Crippen LogP contribution in [0.5, 0.6) is 5.75 Å². The monoisotopic (exact) mass is 335 g/mol. The number of para-hydroxylation sites is 1. The second kappa shape index (κ2) is 6.03.